The Morgan fingerprint density at radius 3 is 2.93 bits per heavy atom. The number of ether oxygens (including phenoxy) is 2. The van der Waals surface area contributed by atoms with Crippen LogP contribution in [0.5, 0.6) is 0 Å². The molecule has 1 aliphatic rings. The van der Waals surface area contributed by atoms with Crippen LogP contribution in [0.15, 0.2) is 0 Å². The van der Waals surface area contributed by atoms with E-state index in [-0.39, 0.29) is 12.6 Å². The van der Waals surface area contributed by atoms with E-state index in [4.69, 9.17) is 9.47 Å². The molecule has 1 aliphatic heterocycles. The molecule has 1 atom stereocenters. The van der Waals surface area contributed by atoms with Crippen molar-refractivity contribution < 1.29 is 18.3 Å². The lowest BCUT2D eigenvalue weighted by Crippen LogP contribution is -2.38. The maximum atomic E-state index is 13.0. The highest BCUT2D eigenvalue weighted by molar-refractivity contribution is 4.71. The highest BCUT2D eigenvalue weighted by atomic mass is 19.3. The van der Waals surface area contributed by atoms with Gasteiger partial charge in [0.15, 0.2) is 0 Å². The van der Waals surface area contributed by atoms with E-state index in [2.05, 4.69) is 5.32 Å². The van der Waals surface area contributed by atoms with Crippen LogP contribution in [0.4, 0.5) is 8.78 Å². The molecule has 0 aromatic rings. The highest BCUT2D eigenvalue weighted by Crippen LogP contribution is 2.16. The minimum Gasteiger partial charge on any atom is -0.379 e. The summed E-state index contributed by atoms with van der Waals surface area (Å²) in [6, 6.07) is 0. The van der Waals surface area contributed by atoms with Gasteiger partial charge in [-0.1, -0.05) is 6.92 Å². The van der Waals surface area contributed by atoms with Gasteiger partial charge in [0, 0.05) is 6.61 Å². The van der Waals surface area contributed by atoms with Crippen molar-refractivity contribution in [3.63, 3.8) is 0 Å². The van der Waals surface area contributed by atoms with Crippen LogP contribution in [-0.4, -0.2) is 44.9 Å². The molecule has 1 rings (SSSR count). The Hall–Kier alpha value is -0.260. The Kier molecular flexibility index (Phi) is 4.71. The molecule has 5 heteroatoms. The molecule has 14 heavy (non-hydrogen) atoms. The van der Waals surface area contributed by atoms with Gasteiger partial charge in [-0.05, 0) is 13.0 Å². The Morgan fingerprint density at radius 1 is 1.57 bits per heavy atom. The van der Waals surface area contributed by atoms with Crippen LogP contribution in [0.1, 0.15) is 13.3 Å². The average Bonchev–Trinajstić information content (AvgIpc) is 2.64. The fraction of sp³-hybridized carbons (Fsp3) is 1.00. The van der Waals surface area contributed by atoms with Gasteiger partial charge in [0.25, 0.3) is 5.92 Å². The van der Waals surface area contributed by atoms with Gasteiger partial charge >= 0.3 is 0 Å². The van der Waals surface area contributed by atoms with Crippen LogP contribution in [0, 0.1) is 0 Å². The van der Waals surface area contributed by atoms with Gasteiger partial charge in [0.05, 0.1) is 19.3 Å². The largest absolute Gasteiger partial charge is 0.379 e. The lowest BCUT2D eigenvalue weighted by molar-refractivity contribution is -0.0967. The van der Waals surface area contributed by atoms with Gasteiger partial charge in [0.1, 0.15) is 6.61 Å². The highest BCUT2D eigenvalue weighted by Gasteiger charge is 2.30. The second-order valence-corrected chi connectivity index (χ2v) is 3.43. The predicted molar refractivity (Wildman–Crippen MR) is 48.7 cm³/mol. The summed E-state index contributed by atoms with van der Waals surface area (Å²) in [5.74, 6) is -2.78. The van der Waals surface area contributed by atoms with Gasteiger partial charge in [-0.2, -0.15) is 0 Å². The molecule has 0 amide bonds. The van der Waals surface area contributed by atoms with Crippen LogP contribution in [-0.2, 0) is 9.47 Å². The van der Waals surface area contributed by atoms with Crippen molar-refractivity contribution in [2.24, 2.45) is 0 Å². The fourth-order valence-electron chi connectivity index (χ4n) is 1.24. The van der Waals surface area contributed by atoms with E-state index >= 15 is 0 Å². The van der Waals surface area contributed by atoms with Crippen molar-refractivity contribution in [2.75, 3.05) is 32.9 Å². The monoisotopic (exact) mass is 209 g/mol. The number of alkyl halides is 2. The smallest absolute Gasteiger partial charge is 0.283 e. The average molecular weight is 209 g/mol. The summed E-state index contributed by atoms with van der Waals surface area (Å²) in [6.45, 7) is 2.55. The second kappa shape index (κ2) is 5.58. The number of rotatable bonds is 6. The summed E-state index contributed by atoms with van der Waals surface area (Å²) < 4.78 is 36.1. The molecular weight excluding hydrogens is 192 g/mol. The van der Waals surface area contributed by atoms with Crippen molar-refractivity contribution in [3.05, 3.63) is 0 Å². The third-order valence-corrected chi connectivity index (χ3v) is 2.05. The number of nitrogens with one attached hydrogen (secondary N) is 1. The van der Waals surface area contributed by atoms with E-state index in [1.54, 1.807) is 6.92 Å². The predicted octanol–water partition coefficient (Wildman–Crippen LogP) is 1.04. The Bertz CT molecular complexity index is 161. The fourth-order valence-corrected chi connectivity index (χ4v) is 1.24. The number of hydrogen-bond donors (Lipinski definition) is 1. The Balaban J connectivity index is 2.14. The van der Waals surface area contributed by atoms with Crippen LogP contribution >= 0.6 is 0 Å². The summed E-state index contributed by atoms with van der Waals surface area (Å²) in [5.41, 5.74) is 0. The van der Waals surface area contributed by atoms with Crippen molar-refractivity contribution in [1.82, 2.24) is 5.32 Å². The molecule has 1 saturated heterocycles. The molecule has 0 bridgehead atoms. The molecule has 0 spiro atoms. The normalized spacial score (nSPS) is 22.9. The van der Waals surface area contributed by atoms with Crippen LogP contribution in [0.2, 0.25) is 0 Å². The topological polar surface area (TPSA) is 30.5 Å². The standard InChI is InChI=1S/C9H17F2NO2/c1-2-12-6-9(10,11)7-14-8-3-4-13-5-8/h8,12H,2-7H2,1H3. The summed E-state index contributed by atoms with van der Waals surface area (Å²) >= 11 is 0. The number of hydrogen-bond acceptors (Lipinski definition) is 3. The molecule has 0 aromatic heterocycles. The van der Waals surface area contributed by atoms with Crippen LogP contribution in [0.25, 0.3) is 0 Å². The molecule has 0 saturated carbocycles. The zero-order valence-corrected chi connectivity index (χ0v) is 8.39. The first-order chi connectivity index (χ1) is 6.64. The van der Waals surface area contributed by atoms with E-state index in [0.717, 1.165) is 6.42 Å². The van der Waals surface area contributed by atoms with Crippen molar-refractivity contribution >= 4 is 0 Å². The van der Waals surface area contributed by atoms with Gasteiger partial charge in [-0.25, -0.2) is 8.78 Å². The van der Waals surface area contributed by atoms with Gasteiger partial charge < -0.3 is 14.8 Å². The first kappa shape index (κ1) is 11.8. The minimum atomic E-state index is -2.78. The zero-order chi connectivity index (χ0) is 10.4. The first-order valence-corrected chi connectivity index (χ1v) is 4.92. The second-order valence-electron chi connectivity index (χ2n) is 3.43. The maximum absolute atomic E-state index is 13.0. The van der Waals surface area contributed by atoms with Crippen molar-refractivity contribution in [1.29, 1.82) is 0 Å². The summed E-state index contributed by atoms with van der Waals surface area (Å²) in [6.07, 6.45) is 0.569. The Labute approximate surface area is 82.8 Å². The summed E-state index contributed by atoms with van der Waals surface area (Å²) in [7, 11) is 0. The van der Waals surface area contributed by atoms with E-state index in [1.165, 1.54) is 0 Å². The van der Waals surface area contributed by atoms with Crippen LogP contribution in [0.3, 0.4) is 0 Å². The summed E-state index contributed by atoms with van der Waals surface area (Å²) in [4.78, 5) is 0. The third-order valence-electron chi connectivity index (χ3n) is 2.05. The number of halogens is 2. The van der Waals surface area contributed by atoms with Gasteiger partial charge in [-0.3, -0.25) is 0 Å². The SMILES string of the molecule is CCNCC(F)(F)COC1CCOC1. The molecular formula is C9H17F2NO2. The lowest BCUT2D eigenvalue weighted by Gasteiger charge is -2.18. The van der Waals surface area contributed by atoms with E-state index in [9.17, 15) is 8.78 Å². The summed E-state index contributed by atoms with van der Waals surface area (Å²) in [5, 5.41) is 2.60. The van der Waals surface area contributed by atoms with Gasteiger partial charge in [0.2, 0.25) is 0 Å². The molecule has 0 radical (unpaired) electrons. The molecule has 3 nitrogen and oxygen atoms in total. The molecule has 84 valence electrons. The van der Waals surface area contributed by atoms with E-state index < -0.39 is 12.5 Å². The maximum Gasteiger partial charge on any atom is 0.283 e. The molecule has 1 N–H and O–H groups in total. The Morgan fingerprint density at radius 2 is 2.36 bits per heavy atom. The van der Waals surface area contributed by atoms with Gasteiger partial charge in [-0.15, -0.1) is 0 Å². The van der Waals surface area contributed by atoms with E-state index in [0.29, 0.717) is 19.8 Å². The van der Waals surface area contributed by atoms with E-state index in [1.807, 2.05) is 0 Å². The minimum absolute atomic E-state index is 0.150. The molecule has 1 fully saturated rings. The van der Waals surface area contributed by atoms with Crippen LogP contribution < -0.4 is 5.32 Å². The molecule has 0 aromatic carbocycles. The molecule has 1 heterocycles. The zero-order valence-electron chi connectivity index (χ0n) is 8.39. The quantitative estimate of drug-likeness (QED) is 0.709. The van der Waals surface area contributed by atoms with Crippen molar-refractivity contribution in [3.8, 4) is 0 Å². The third kappa shape index (κ3) is 4.30. The lowest BCUT2D eigenvalue weighted by atomic mass is 10.3. The first-order valence-electron chi connectivity index (χ1n) is 4.92. The molecule has 0 aliphatic carbocycles. The molecule has 1 unspecified atom stereocenters. The van der Waals surface area contributed by atoms with Crippen molar-refractivity contribution in [2.45, 2.75) is 25.4 Å².